The number of hydrogen-bond donors (Lipinski definition) is 2. The minimum Gasteiger partial charge on any atom is -0.471 e. The van der Waals surface area contributed by atoms with Gasteiger partial charge in [0.25, 0.3) is 0 Å². The molecule has 0 unspecified atom stereocenters. The predicted octanol–water partition coefficient (Wildman–Crippen LogP) is 2.89. The van der Waals surface area contributed by atoms with Crippen molar-refractivity contribution in [2.24, 2.45) is 0 Å². The smallest absolute Gasteiger partial charge is 0.221 e. The van der Waals surface area contributed by atoms with Crippen molar-refractivity contribution in [2.45, 2.75) is 25.0 Å². The van der Waals surface area contributed by atoms with Crippen molar-refractivity contribution in [1.82, 2.24) is 20.6 Å². The lowest BCUT2D eigenvalue weighted by molar-refractivity contribution is 0.135. The minimum absolute atomic E-state index is 0. The van der Waals surface area contributed by atoms with Gasteiger partial charge in [0.15, 0.2) is 0 Å². The Bertz CT molecular complexity index is 942. The minimum atomic E-state index is 0. The molecule has 2 saturated heterocycles. The molecule has 8 nitrogen and oxygen atoms in total. The van der Waals surface area contributed by atoms with Gasteiger partial charge in [0.05, 0.1) is 26.4 Å². The van der Waals surface area contributed by atoms with Crippen molar-refractivity contribution in [1.29, 1.82) is 0 Å². The number of hydrogen-bond acceptors (Lipinski definition) is 8. The Labute approximate surface area is 212 Å². The number of ether oxygens (including phenoxy) is 4. The molecule has 0 aliphatic carbocycles. The third-order valence-corrected chi connectivity index (χ3v) is 6.21. The van der Waals surface area contributed by atoms with Crippen LogP contribution in [0.1, 0.15) is 24.0 Å². The number of rotatable bonds is 6. The van der Waals surface area contributed by atoms with Crippen molar-refractivity contribution in [3.63, 3.8) is 0 Å². The quantitative estimate of drug-likeness (QED) is 0.626. The summed E-state index contributed by atoms with van der Waals surface area (Å²) >= 11 is 0. The first-order valence-electron chi connectivity index (χ1n) is 12.1. The lowest BCUT2D eigenvalue weighted by Gasteiger charge is -2.28. The van der Waals surface area contributed by atoms with E-state index in [1.165, 1.54) is 11.1 Å². The van der Waals surface area contributed by atoms with E-state index in [0.29, 0.717) is 13.2 Å². The zero-order valence-corrected chi connectivity index (χ0v) is 20.6. The molecular formula is C26H33ClN4O4. The third-order valence-electron chi connectivity index (χ3n) is 6.21. The molecule has 4 aliphatic heterocycles. The summed E-state index contributed by atoms with van der Waals surface area (Å²) in [6, 6.07) is 8.06. The summed E-state index contributed by atoms with van der Waals surface area (Å²) in [7, 11) is 0. The SMILES string of the molecule is C1=C(c2cccnc2OC2CNC2)CCOC1.C1=C(c2cccnc2OC2CNC2)CCOC1.Cl. The summed E-state index contributed by atoms with van der Waals surface area (Å²) in [4.78, 5) is 8.69. The van der Waals surface area contributed by atoms with Gasteiger partial charge in [-0.3, -0.25) is 0 Å². The van der Waals surface area contributed by atoms with Gasteiger partial charge in [-0.15, -0.1) is 12.4 Å². The fraction of sp³-hybridized carbons (Fsp3) is 0.462. The van der Waals surface area contributed by atoms with Gasteiger partial charge in [-0.05, 0) is 48.3 Å². The van der Waals surface area contributed by atoms with Gasteiger partial charge >= 0.3 is 0 Å². The molecule has 35 heavy (non-hydrogen) atoms. The molecule has 9 heteroatoms. The van der Waals surface area contributed by atoms with Crippen molar-refractivity contribution in [3.8, 4) is 11.8 Å². The monoisotopic (exact) mass is 500 g/mol. The summed E-state index contributed by atoms with van der Waals surface area (Å²) in [6.07, 6.45) is 10.2. The molecule has 2 aromatic heterocycles. The van der Waals surface area contributed by atoms with Crippen LogP contribution in [0.4, 0.5) is 0 Å². The highest BCUT2D eigenvalue weighted by atomic mass is 35.5. The lowest BCUT2D eigenvalue weighted by atomic mass is 10.0. The Balaban J connectivity index is 0.000000160. The van der Waals surface area contributed by atoms with Crippen LogP contribution in [0.5, 0.6) is 11.8 Å². The van der Waals surface area contributed by atoms with Crippen LogP contribution in [0.25, 0.3) is 11.1 Å². The van der Waals surface area contributed by atoms with Crippen LogP contribution in [-0.4, -0.2) is 74.8 Å². The molecular weight excluding hydrogens is 468 g/mol. The summed E-state index contributed by atoms with van der Waals surface area (Å²) in [5, 5.41) is 6.39. The van der Waals surface area contributed by atoms with E-state index in [1.807, 2.05) is 12.1 Å². The van der Waals surface area contributed by atoms with Crippen LogP contribution in [0.3, 0.4) is 0 Å². The molecule has 2 aromatic rings. The largest absolute Gasteiger partial charge is 0.471 e. The molecule has 2 N–H and O–H groups in total. The maximum absolute atomic E-state index is 5.88. The Morgan fingerprint density at radius 3 is 1.51 bits per heavy atom. The van der Waals surface area contributed by atoms with Crippen LogP contribution in [0, 0.1) is 0 Å². The van der Waals surface area contributed by atoms with E-state index < -0.39 is 0 Å². The molecule has 6 heterocycles. The Morgan fingerprint density at radius 2 is 1.17 bits per heavy atom. The van der Waals surface area contributed by atoms with Gasteiger partial charge in [0, 0.05) is 49.7 Å². The molecule has 0 bridgehead atoms. The van der Waals surface area contributed by atoms with Gasteiger partial charge in [-0.2, -0.15) is 0 Å². The molecule has 2 fully saturated rings. The number of aromatic nitrogens is 2. The molecule has 188 valence electrons. The fourth-order valence-corrected chi connectivity index (χ4v) is 4.01. The Hall–Kier alpha value is -2.49. The average Bonchev–Trinajstić information content (AvgIpc) is 2.86. The van der Waals surface area contributed by atoms with E-state index >= 15 is 0 Å². The zero-order valence-electron chi connectivity index (χ0n) is 19.8. The van der Waals surface area contributed by atoms with Crippen LogP contribution in [-0.2, 0) is 9.47 Å². The van der Waals surface area contributed by atoms with Gasteiger partial charge in [-0.25, -0.2) is 9.97 Å². The normalized spacial score (nSPS) is 20.0. The maximum Gasteiger partial charge on any atom is 0.221 e. The van der Waals surface area contributed by atoms with Crippen LogP contribution in [0.15, 0.2) is 48.8 Å². The van der Waals surface area contributed by atoms with Gasteiger partial charge in [-0.1, -0.05) is 12.2 Å². The maximum atomic E-state index is 5.88. The van der Waals surface area contributed by atoms with Crippen LogP contribution < -0.4 is 20.1 Å². The highest BCUT2D eigenvalue weighted by Crippen LogP contribution is 2.30. The highest BCUT2D eigenvalue weighted by Gasteiger charge is 2.22. The average molecular weight is 501 g/mol. The number of nitrogens with one attached hydrogen (secondary N) is 2. The first kappa shape index (κ1) is 25.6. The third kappa shape index (κ3) is 6.80. The first-order valence-corrected chi connectivity index (χ1v) is 12.1. The second-order valence-corrected chi connectivity index (χ2v) is 8.62. The zero-order chi connectivity index (χ0) is 23.0. The number of nitrogens with zero attached hydrogens (tertiary/aromatic N) is 2. The van der Waals surface area contributed by atoms with Crippen molar-refractivity contribution >= 4 is 23.6 Å². The Morgan fingerprint density at radius 1 is 0.714 bits per heavy atom. The molecule has 0 spiro atoms. The fourth-order valence-electron chi connectivity index (χ4n) is 4.01. The highest BCUT2D eigenvalue weighted by molar-refractivity contribution is 5.85. The molecule has 0 atom stereocenters. The summed E-state index contributed by atoms with van der Waals surface area (Å²) in [6.45, 7) is 6.60. The van der Waals surface area contributed by atoms with Crippen LogP contribution in [0.2, 0.25) is 0 Å². The van der Waals surface area contributed by atoms with E-state index in [9.17, 15) is 0 Å². The molecule has 4 aliphatic rings. The topological polar surface area (TPSA) is 86.8 Å². The molecule has 0 amide bonds. The van der Waals surface area contributed by atoms with E-state index in [1.54, 1.807) is 12.4 Å². The van der Waals surface area contributed by atoms with Gasteiger partial charge in [0.1, 0.15) is 12.2 Å². The second-order valence-electron chi connectivity index (χ2n) is 8.62. The summed E-state index contributed by atoms with van der Waals surface area (Å²) in [5.41, 5.74) is 4.80. The molecule has 0 aromatic carbocycles. The van der Waals surface area contributed by atoms with Crippen molar-refractivity contribution in [2.75, 3.05) is 52.6 Å². The summed E-state index contributed by atoms with van der Waals surface area (Å²) < 4.78 is 22.4. The van der Waals surface area contributed by atoms with Crippen molar-refractivity contribution in [3.05, 3.63) is 59.9 Å². The van der Waals surface area contributed by atoms with E-state index in [-0.39, 0.29) is 24.6 Å². The first-order chi connectivity index (χ1) is 16.9. The molecule has 0 radical (unpaired) electrons. The lowest BCUT2D eigenvalue weighted by Crippen LogP contribution is -2.50. The predicted molar refractivity (Wildman–Crippen MR) is 137 cm³/mol. The standard InChI is InChI=1S/2C13H16N2O2.ClH/c2*1-2-12(10-3-6-16-7-4-10)13(15-5-1)17-11-8-14-9-11;/h2*1-3,5,11,14H,4,6-9H2;1H. The van der Waals surface area contributed by atoms with Crippen molar-refractivity contribution < 1.29 is 18.9 Å². The summed E-state index contributed by atoms with van der Waals surface area (Å²) in [5.74, 6) is 1.51. The van der Waals surface area contributed by atoms with Gasteiger partial charge in [0.2, 0.25) is 11.8 Å². The Kier molecular flexibility index (Phi) is 9.50. The molecule has 0 saturated carbocycles. The van der Waals surface area contributed by atoms with E-state index in [4.69, 9.17) is 18.9 Å². The number of pyridine rings is 2. The van der Waals surface area contributed by atoms with E-state index in [0.717, 1.165) is 75.1 Å². The van der Waals surface area contributed by atoms with Crippen LogP contribution >= 0.6 is 12.4 Å². The van der Waals surface area contributed by atoms with Gasteiger partial charge < -0.3 is 29.6 Å². The van der Waals surface area contributed by atoms with E-state index in [2.05, 4.69) is 44.9 Å². The molecule has 6 rings (SSSR count). The number of halogens is 1. The second kappa shape index (κ2) is 13.0.